The average molecular weight is 313 g/mol. The number of hydrogen-bond donors (Lipinski definition) is 1. The van der Waals surface area contributed by atoms with Gasteiger partial charge >= 0.3 is 6.01 Å². The summed E-state index contributed by atoms with van der Waals surface area (Å²) in [6.07, 6.45) is 1.76. The second-order valence-electron chi connectivity index (χ2n) is 5.35. The molecule has 2 heterocycles. The minimum absolute atomic E-state index is 0.404. The van der Waals surface area contributed by atoms with E-state index < -0.39 is 0 Å². The predicted molar refractivity (Wildman–Crippen MR) is 87.4 cm³/mol. The number of pyridine rings is 1. The van der Waals surface area contributed by atoms with Crippen molar-refractivity contribution in [3.05, 3.63) is 42.4 Å². The Morgan fingerprint density at radius 3 is 2.91 bits per heavy atom. The second-order valence-corrected chi connectivity index (χ2v) is 5.35. The maximum Gasteiger partial charge on any atom is 0.315 e. The Hall–Kier alpha value is -2.67. The number of nitrogens with one attached hydrogen (secondary N) is 1. The van der Waals surface area contributed by atoms with E-state index in [0.29, 0.717) is 31.6 Å². The van der Waals surface area contributed by atoms with Gasteiger partial charge in [0, 0.05) is 11.6 Å². The van der Waals surface area contributed by atoms with Crippen LogP contribution in [0.25, 0.3) is 10.9 Å². The van der Waals surface area contributed by atoms with Gasteiger partial charge < -0.3 is 19.4 Å². The first kappa shape index (κ1) is 15.2. The lowest BCUT2D eigenvalue weighted by Gasteiger charge is -2.08. The first-order valence-electron chi connectivity index (χ1n) is 7.40. The highest BCUT2D eigenvalue weighted by atomic mass is 16.5. The number of aromatic nitrogens is 3. The molecule has 0 saturated carbocycles. The number of nitrogens with zero attached hydrogens (tertiary/aromatic N) is 4. The first-order valence-corrected chi connectivity index (χ1v) is 7.40. The van der Waals surface area contributed by atoms with Crippen molar-refractivity contribution in [1.29, 1.82) is 0 Å². The van der Waals surface area contributed by atoms with Crippen molar-refractivity contribution in [3.63, 3.8) is 0 Å². The Morgan fingerprint density at radius 2 is 2.04 bits per heavy atom. The highest BCUT2D eigenvalue weighted by Gasteiger charge is 2.07. The van der Waals surface area contributed by atoms with Gasteiger partial charge in [0.05, 0.1) is 13.1 Å². The molecule has 0 atom stereocenters. The van der Waals surface area contributed by atoms with Crippen molar-refractivity contribution in [2.75, 3.05) is 32.6 Å². The molecule has 1 aromatic carbocycles. The number of benzene rings is 1. The average Bonchev–Trinajstić information content (AvgIpc) is 2.98. The van der Waals surface area contributed by atoms with Gasteiger partial charge in [-0.05, 0) is 26.2 Å². The van der Waals surface area contributed by atoms with Crippen molar-refractivity contribution < 1.29 is 9.15 Å². The summed E-state index contributed by atoms with van der Waals surface area (Å²) in [4.78, 5) is 6.32. The van der Waals surface area contributed by atoms with Crippen LogP contribution in [0.2, 0.25) is 0 Å². The van der Waals surface area contributed by atoms with Gasteiger partial charge in [0.25, 0.3) is 0 Å². The maximum atomic E-state index is 5.79. The summed E-state index contributed by atoms with van der Waals surface area (Å²) in [5, 5.41) is 12.0. The van der Waals surface area contributed by atoms with Crippen molar-refractivity contribution in [2.45, 2.75) is 6.54 Å². The molecular weight excluding hydrogens is 294 g/mol. The van der Waals surface area contributed by atoms with E-state index in [2.05, 4.69) is 20.5 Å². The van der Waals surface area contributed by atoms with Crippen LogP contribution in [0.15, 0.2) is 40.9 Å². The van der Waals surface area contributed by atoms with Crippen LogP contribution in [0.3, 0.4) is 0 Å². The summed E-state index contributed by atoms with van der Waals surface area (Å²) in [6, 6.07) is 10.2. The topological polar surface area (TPSA) is 76.3 Å². The summed E-state index contributed by atoms with van der Waals surface area (Å²) in [5.74, 6) is 1.35. The lowest BCUT2D eigenvalue weighted by molar-refractivity contribution is 0.330. The van der Waals surface area contributed by atoms with Crippen LogP contribution in [-0.2, 0) is 6.54 Å². The van der Waals surface area contributed by atoms with Crippen molar-refractivity contribution in [1.82, 2.24) is 20.1 Å². The van der Waals surface area contributed by atoms with Gasteiger partial charge in [-0.2, -0.15) is 0 Å². The second kappa shape index (κ2) is 7.06. The Bertz CT molecular complexity index is 767. The summed E-state index contributed by atoms with van der Waals surface area (Å²) in [6.45, 7) is 1.65. The third-order valence-electron chi connectivity index (χ3n) is 3.15. The largest absolute Gasteiger partial charge is 0.489 e. The molecule has 0 bridgehead atoms. The zero-order valence-corrected chi connectivity index (χ0v) is 13.2. The zero-order valence-electron chi connectivity index (χ0n) is 13.2. The van der Waals surface area contributed by atoms with Crippen molar-refractivity contribution in [2.24, 2.45) is 0 Å². The molecule has 3 rings (SSSR count). The van der Waals surface area contributed by atoms with Crippen molar-refractivity contribution in [3.8, 4) is 5.75 Å². The molecule has 0 spiro atoms. The molecule has 0 amide bonds. The van der Waals surface area contributed by atoms with Crippen LogP contribution in [0, 0.1) is 0 Å². The predicted octanol–water partition coefficient (Wildman–Crippen LogP) is 2.17. The minimum Gasteiger partial charge on any atom is -0.489 e. The number of hydrogen-bond acceptors (Lipinski definition) is 7. The van der Waals surface area contributed by atoms with Gasteiger partial charge in [0.2, 0.25) is 5.89 Å². The molecule has 23 heavy (non-hydrogen) atoms. The summed E-state index contributed by atoms with van der Waals surface area (Å²) >= 11 is 0. The fourth-order valence-electron chi connectivity index (χ4n) is 2.17. The molecule has 0 aliphatic carbocycles. The molecule has 0 saturated heterocycles. The van der Waals surface area contributed by atoms with Crippen LogP contribution in [-0.4, -0.2) is 47.3 Å². The van der Waals surface area contributed by atoms with E-state index in [1.165, 1.54) is 0 Å². The van der Waals surface area contributed by atoms with E-state index in [9.17, 15) is 0 Å². The molecule has 7 heteroatoms. The van der Waals surface area contributed by atoms with E-state index in [1.54, 1.807) is 6.20 Å². The fourth-order valence-corrected chi connectivity index (χ4v) is 2.17. The van der Waals surface area contributed by atoms with Crippen LogP contribution in [0.4, 0.5) is 6.01 Å². The molecular formula is C16H19N5O2. The van der Waals surface area contributed by atoms with Crippen LogP contribution < -0.4 is 10.1 Å². The van der Waals surface area contributed by atoms with Gasteiger partial charge in [-0.25, -0.2) is 0 Å². The summed E-state index contributed by atoms with van der Waals surface area (Å²) in [5.41, 5.74) is 0.862. The number of rotatable bonds is 7. The smallest absolute Gasteiger partial charge is 0.315 e. The lowest BCUT2D eigenvalue weighted by Crippen LogP contribution is -2.12. The summed E-state index contributed by atoms with van der Waals surface area (Å²) < 4.78 is 11.3. The Morgan fingerprint density at radius 1 is 1.17 bits per heavy atom. The van der Waals surface area contributed by atoms with E-state index >= 15 is 0 Å². The van der Waals surface area contributed by atoms with Crippen molar-refractivity contribution >= 4 is 16.9 Å². The standard InChI is InChI=1S/C16H19N5O2/c1-21(2)11-14-19-20-16(23-14)18-9-10-22-13-7-3-5-12-6-4-8-17-15(12)13/h3-8H,9-11H2,1-2H3,(H,18,20). The molecule has 1 N–H and O–H groups in total. The number of ether oxygens (including phenoxy) is 1. The van der Waals surface area contributed by atoms with Crippen LogP contribution in [0.5, 0.6) is 5.75 Å². The Balaban J connectivity index is 1.52. The molecule has 0 aliphatic heterocycles. The van der Waals surface area contributed by atoms with E-state index in [-0.39, 0.29) is 0 Å². The molecule has 7 nitrogen and oxygen atoms in total. The number of para-hydroxylation sites is 1. The lowest BCUT2D eigenvalue weighted by atomic mass is 10.2. The van der Waals surface area contributed by atoms with Gasteiger partial charge in [-0.1, -0.05) is 23.3 Å². The normalized spacial score (nSPS) is 11.1. The van der Waals surface area contributed by atoms with E-state index in [0.717, 1.165) is 16.7 Å². The van der Waals surface area contributed by atoms with Gasteiger partial charge in [-0.3, -0.25) is 4.98 Å². The minimum atomic E-state index is 0.404. The monoisotopic (exact) mass is 313 g/mol. The van der Waals surface area contributed by atoms with Crippen LogP contribution in [0.1, 0.15) is 5.89 Å². The van der Waals surface area contributed by atoms with E-state index in [4.69, 9.17) is 9.15 Å². The Labute approximate surface area is 134 Å². The van der Waals surface area contributed by atoms with Gasteiger partial charge in [-0.15, -0.1) is 5.10 Å². The first-order chi connectivity index (χ1) is 11.2. The highest BCUT2D eigenvalue weighted by Crippen LogP contribution is 2.22. The Kier molecular flexibility index (Phi) is 4.68. The molecule has 3 aromatic rings. The molecule has 2 aromatic heterocycles. The fraction of sp³-hybridized carbons (Fsp3) is 0.312. The molecule has 0 radical (unpaired) electrons. The van der Waals surface area contributed by atoms with Crippen LogP contribution >= 0.6 is 0 Å². The van der Waals surface area contributed by atoms with Gasteiger partial charge in [0.15, 0.2) is 0 Å². The molecule has 0 fully saturated rings. The maximum absolute atomic E-state index is 5.79. The third-order valence-corrected chi connectivity index (χ3v) is 3.15. The quantitative estimate of drug-likeness (QED) is 0.670. The number of fused-ring (bicyclic) bond motifs is 1. The van der Waals surface area contributed by atoms with Gasteiger partial charge in [0.1, 0.15) is 17.9 Å². The summed E-state index contributed by atoms with van der Waals surface area (Å²) in [7, 11) is 3.90. The zero-order chi connectivity index (χ0) is 16.1. The third kappa shape index (κ3) is 3.95. The molecule has 0 aliphatic rings. The molecule has 0 unspecified atom stereocenters. The number of anilines is 1. The van der Waals surface area contributed by atoms with E-state index in [1.807, 2.05) is 49.3 Å². The SMILES string of the molecule is CN(C)Cc1nnc(NCCOc2cccc3cccnc23)o1. The molecule has 120 valence electrons. The highest BCUT2D eigenvalue weighted by molar-refractivity contribution is 5.84.